The summed E-state index contributed by atoms with van der Waals surface area (Å²) < 4.78 is 1.68. The van der Waals surface area contributed by atoms with E-state index in [1.807, 2.05) is 24.4 Å². The van der Waals surface area contributed by atoms with Crippen LogP contribution in [0.3, 0.4) is 0 Å². The number of hydrogen-bond acceptors (Lipinski definition) is 4. The average Bonchev–Trinajstić information content (AvgIpc) is 3.16. The molecule has 3 rings (SSSR count). The number of rotatable bonds is 4. The first-order chi connectivity index (χ1) is 12.5. The van der Waals surface area contributed by atoms with Crippen LogP contribution in [-0.4, -0.2) is 58.6 Å². The number of piperidine rings is 1. The lowest BCUT2D eigenvalue weighted by molar-refractivity contribution is -0.134. The van der Waals surface area contributed by atoms with E-state index in [1.54, 1.807) is 40.8 Å². The Morgan fingerprint density at radius 3 is 2.77 bits per heavy atom. The number of nitrogens with two attached hydrogens (primary N) is 1. The van der Waals surface area contributed by atoms with Crippen LogP contribution < -0.4 is 5.73 Å². The number of hydrogen-bond donors (Lipinski definition) is 1. The summed E-state index contributed by atoms with van der Waals surface area (Å²) in [5.74, 6) is -0.125. The van der Waals surface area contributed by atoms with Crippen LogP contribution in [0.15, 0.2) is 36.7 Å². The van der Waals surface area contributed by atoms with E-state index >= 15 is 0 Å². The van der Waals surface area contributed by atoms with Crippen LogP contribution in [0.2, 0.25) is 0 Å². The van der Waals surface area contributed by atoms with Crippen molar-refractivity contribution in [1.29, 1.82) is 0 Å². The highest BCUT2D eigenvalue weighted by atomic mass is 16.2. The van der Waals surface area contributed by atoms with E-state index in [0.29, 0.717) is 25.2 Å². The smallest absolute Gasteiger partial charge is 0.256 e. The molecule has 2 amide bonds. The number of aromatic nitrogens is 2. The van der Waals surface area contributed by atoms with Gasteiger partial charge in [0.15, 0.2) is 0 Å². The van der Waals surface area contributed by atoms with Gasteiger partial charge in [0, 0.05) is 45.5 Å². The van der Waals surface area contributed by atoms with Crippen molar-refractivity contribution < 1.29 is 9.59 Å². The molecule has 0 aliphatic carbocycles. The van der Waals surface area contributed by atoms with Crippen LogP contribution in [-0.2, 0) is 11.3 Å². The number of carbonyl (C=O) groups is 2. The Kier molecular flexibility index (Phi) is 5.37. The Labute approximate surface area is 153 Å². The van der Waals surface area contributed by atoms with Gasteiger partial charge < -0.3 is 15.5 Å². The molecule has 1 aliphatic heterocycles. The van der Waals surface area contributed by atoms with E-state index in [9.17, 15) is 9.59 Å². The van der Waals surface area contributed by atoms with E-state index in [4.69, 9.17) is 5.73 Å². The average molecular weight is 355 g/mol. The lowest BCUT2D eigenvalue weighted by atomic mass is 9.96. The van der Waals surface area contributed by atoms with E-state index < -0.39 is 0 Å². The summed E-state index contributed by atoms with van der Waals surface area (Å²) >= 11 is 0. The molecule has 7 heteroatoms. The van der Waals surface area contributed by atoms with E-state index in [0.717, 1.165) is 24.1 Å². The zero-order chi connectivity index (χ0) is 18.7. The maximum atomic E-state index is 13.1. The summed E-state index contributed by atoms with van der Waals surface area (Å²) in [6.45, 7) is 1.52. The number of carbonyl (C=O) groups excluding carboxylic acids is 2. The normalized spacial score (nSPS) is 17.2. The molecule has 1 aromatic heterocycles. The van der Waals surface area contributed by atoms with Crippen LogP contribution in [0.1, 0.15) is 28.8 Å². The molecule has 2 aromatic rings. The molecule has 2 heterocycles. The molecule has 0 bridgehead atoms. The Morgan fingerprint density at radius 1 is 1.31 bits per heavy atom. The minimum atomic E-state index is -0.136. The molecule has 0 radical (unpaired) electrons. The Balaban J connectivity index is 1.85. The van der Waals surface area contributed by atoms with Crippen molar-refractivity contribution in [3.63, 3.8) is 0 Å². The Hall–Kier alpha value is -2.67. The second-order valence-electron chi connectivity index (χ2n) is 6.84. The van der Waals surface area contributed by atoms with Gasteiger partial charge in [-0.3, -0.25) is 9.59 Å². The third-order valence-electron chi connectivity index (χ3n) is 4.75. The highest BCUT2D eigenvalue weighted by Crippen LogP contribution is 2.23. The van der Waals surface area contributed by atoms with Gasteiger partial charge in [-0.2, -0.15) is 5.10 Å². The Bertz CT molecular complexity index is 799. The van der Waals surface area contributed by atoms with Gasteiger partial charge in [-0.25, -0.2) is 4.68 Å². The van der Waals surface area contributed by atoms with Gasteiger partial charge in [-0.15, -0.1) is 0 Å². The molecule has 0 saturated carbocycles. The van der Waals surface area contributed by atoms with Crippen molar-refractivity contribution in [2.75, 3.05) is 27.2 Å². The Morgan fingerprint density at radius 2 is 2.08 bits per heavy atom. The second-order valence-corrected chi connectivity index (χ2v) is 6.84. The molecule has 138 valence electrons. The minimum absolute atomic E-state index is 0.0679. The first-order valence-corrected chi connectivity index (χ1v) is 8.84. The van der Waals surface area contributed by atoms with E-state index in [-0.39, 0.29) is 17.7 Å². The number of benzene rings is 1. The van der Waals surface area contributed by atoms with Gasteiger partial charge in [0.1, 0.15) is 0 Å². The van der Waals surface area contributed by atoms with Crippen molar-refractivity contribution in [3.05, 3.63) is 47.8 Å². The molecule has 7 nitrogen and oxygen atoms in total. The number of para-hydroxylation sites is 1. The monoisotopic (exact) mass is 355 g/mol. The van der Waals surface area contributed by atoms with E-state index in [1.165, 1.54) is 0 Å². The van der Waals surface area contributed by atoms with Crippen molar-refractivity contribution in [1.82, 2.24) is 19.6 Å². The van der Waals surface area contributed by atoms with Gasteiger partial charge in [0.25, 0.3) is 5.91 Å². The van der Waals surface area contributed by atoms with Gasteiger partial charge >= 0.3 is 0 Å². The summed E-state index contributed by atoms with van der Waals surface area (Å²) in [5, 5.41) is 4.32. The van der Waals surface area contributed by atoms with Crippen LogP contribution in [0.5, 0.6) is 0 Å². The van der Waals surface area contributed by atoms with Crippen molar-refractivity contribution >= 4 is 11.8 Å². The van der Waals surface area contributed by atoms with Crippen LogP contribution in [0, 0.1) is 5.92 Å². The molecule has 1 atom stereocenters. The summed E-state index contributed by atoms with van der Waals surface area (Å²) in [7, 11) is 3.51. The molecule has 1 aliphatic rings. The molecular formula is C19H25N5O2. The summed E-state index contributed by atoms with van der Waals surface area (Å²) in [6, 6.07) is 7.40. The molecule has 1 unspecified atom stereocenters. The summed E-state index contributed by atoms with van der Waals surface area (Å²) in [5.41, 5.74) is 7.87. The third kappa shape index (κ3) is 3.62. The van der Waals surface area contributed by atoms with Crippen molar-refractivity contribution in [2.45, 2.75) is 19.4 Å². The molecule has 1 aromatic carbocycles. The predicted molar refractivity (Wildman–Crippen MR) is 98.8 cm³/mol. The lowest BCUT2D eigenvalue weighted by Gasteiger charge is -2.33. The first kappa shape index (κ1) is 18.1. The third-order valence-corrected chi connectivity index (χ3v) is 4.75. The summed E-state index contributed by atoms with van der Waals surface area (Å²) in [4.78, 5) is 28.8. The van der Waals surface area contributed by atoms with Crippen LogP contribution >= 0.6 is 0 Å². The van der Waals surface area contributed by atoms with Gasteiger partial charge in [-0.05, 0) is 25.0 Å². The fraction of sp³-hybridized carbons (Fsp3) is 0.421. The lowest BCUT2D eigenvalue weighted by Crippen LogP contribution is -2.45. The van der Waals surface area contributed by atoms with Gasteiger partial charge in [0.2, 0.25) is 5.91 Å². The molecule has 1 saturated heterocycles. The predicted octanol–water partition coefficient (Wildman–Crippen LogP) is 1.27. The minimum Gasteiger partial charge on any atom is -0.349 e. The largest absolute Gasteiger partial charge is 0.349 e. The highest BCUT2D eigenvalue weighted by Gasteiger charge is 2.30. The maximum absolute atomic E-state index is 13.1. The second kappa shape index (κ2) is 7.70. The van der Waals surface area contributed by atoms with E-state index in [2.05, 4.69) is 5.10 Å². The zero-order valence-electron chi connectivity index (χ0n) is 15.3. The fourth-order valence-corrected chi connectivity index (χ4v) is 3.35. The van der Waals surface area contributed by atoms with Gasteiger partial charge in [0.05, 0.1) is 23.4 Å². The molecule has 0 spiro atoms. The number of amides is 2. The number of likely N-dealkylation sites (tertiary alicyclic amines) is 1. The summed E-state index contributed by atoms with van der Waals surface area (Å²) in [6.07, 6.45) is 5.19. The zero-order valence-corrected chi connectivity index (χ0v) is 15.3. The van der Waals surface area contributed by atoms with Crippen molar-refractivity contribution in [3.8, 4) is 5.69 Å². The molecule has 1 fully saturated rings. The van der Waals surface area contributed by atoms with Crippen molar-refractivity contribution in [2.24, 2.45) is 11.7 Å². The van der Waals surface area contributed by atoms with Crippen LogP contribution in [0.4, 0.5) is 0 Å². The van der Waals surface area contributed by atoms with Gasteiger partial charge in [-0.1, -0.05) is 12.1 Å². The first-order valence-electron chi connectivity index (χ1n) is 8.84. The topological polar surface area (TPSA) is 84.5 Å². The molecular weight excluding hydrogens is 330 g/mol. The highest BCUT2D eigenvalue weighted by molar-refractivity contribution is 5.98. The molecule has 26 heavy (non-hydrogen) atoms. The quantitative estimate of drug-likeness (QED) is 0.895. The maximum Gasteiger partial charge on any atom is 0.256 e. The fourth-order valence-electron chi connectivity index (χ4n) is 3.35. The standard InChI is InChI=1S/C19H25N5O2/c1-22(2)18(25)15-6-5-9-23(13-15)19(26)16-7-3-4-8-17(16)24-12-14(10-20)11-21-24/h3-4,7-8,11-12,15H,5-6,9-10,13,20H2,1-2H3. The molecule has 2 N–H and O–H groups in total. The SMILES string of the molecule is CN(C)C(=O)C1CCCN(C(=O)c2ccccc2-n2cc(CN)cn2)C1. The van der Waals surface area contributed by atoms with Crippen LogP contribution in [0.25, 0.3) is 5.69 Å². The number of nitrogens with zero attached hydrogens (tertiary/aromatic N) is 4.